The fraction of sp³-hybridized carbons (Fsp3) is 0.154. The van der Waals surface area contributed by atoms with Gasteiger partial charge < -0.3 is 0 Å². The van der Waals surface area contributed by atoms with E-state index in [0.29, 0.717) is 4.88 Å². The highest BCUT2D eigenvalue weighted by Gasteiger charge is 2.14. The Balaban J connectivity index is 2.25. The van der Waals surface area contributed by atoms with Crippen LogP contribution in [-0.2, 0) is 4.84 Å². The molecule has 0 aliphatic rings. The van der Waals surface area contributed by atoms with Crippen LogP contribution in [0.3, 0.4) is 0 Å². The third-order valence-corrected chi connectivity index (χ3v) is 3.63. The number of amides is 1. The maximum absolute atomic E-state index is 12.8. The van der Waals surface area contributed by atoms with Crippen LogP contribution in [0, 0.1) is 5.82 Å². The second-order valence-electron chi connectivity index (χ2n) is 3.66. The summed E-state index contributed by atoms with van der Waals surface area (Å²) in [6.07, 6.45) is 0. The molecule has 1 heterocycles. The minimum Gasteiger partial charge on any atom is -0.274 e. The van der Waals surface area contributed by atoms with Crippen LogP contribution in [-0.4, -0.2) is 25.1 Å². The SMILES string of the molecule is CON(C)C(=O)c1ccc(-c2ccc(F)cc2)s1. The van der Waals surface area contributed by atoms with E-state index >= 15 is 0 Å². The van der Waals surface area contributed by atoms with Crippen LogP contribution in [0.4, 0.5) is 4.39 Å². The second-order valence-corrected chi connectivity index (χ2v) is 4.74. The molecule has 1 aromatic carbocycles. The number of rotatable bonds is 3. The smallest absolute Gasteiger partial charge is 0.274 e. The molecule has 5 heteroatoms. The third kappa shape index (κ3) is 2.57. The summed E-state index contributed by atoms with van der Waals surface area (Å²) in [6.45, 7) is 0. The van der Waals surface area contributed by atoms with Crippen LogP contribution < -0.4 is 0 Å². The molecular formula is C13H12FNO2S. The molecule has 18 heavy (non-hydrogen) atoms. The van der Waals surface area contributed by atoms with Crippen molar-refractivity contribution in [2.75, 3.05) is 14.2 Å². The molecule has 0 aliphatic carbocycles. The van der Waals surface area contributed by atoms with E-state index in [-0.39, 0.29) is 11.7 Å². The van der Waals surface area contributed by atoms with Crippen molar-refractivity contribution in [3.63, 3.8) is 0 Å². The van der Waals surface area contributed by atoms with Crippen molar-refractivity contribution in [1.29, 1.82) is 0 Å². The number of benzene rings is 1. The average Bonchev–Trinajstić information content (AvgIpc) is 2.87. The van der Waals surface area contributed by atoms with E-state index in [1.54, 1.807) is 25.2 Å². The molecule has 1 amide bonds. The van der Waals surface area contributed by atoms with E-state index in [4.69, 9.17) is 4.84 Å². The molecule has 0 unspecified atom stereocenters. The molecule has 94 valence electrons. The second kappa shape index (κ2) is 5.29. The standard InChI is InChI=1S/C13H12FNO2S/c1-15(17-2)13(16)12-8-7-11(18-12)9-3-5-10(14)6-4-9/h3-8H,1-2H3. The Bertz CT molecular complexity index is 550. The number of hydroxylamine groups is 2. The number of hydrogen-bond acceptors (Lipinski definition) is 3. The van der Waals surface area contributed by atoms with E-state index in [1.807, 2.05) is 6.07 Å². The lowest BCUT2D eigenvalue weighted by molar-refractivity contribution is -0.0753. The minimum absolute atomic E-state index is 0.198. The summed E-state index contributed by atoms with van der Waals surface area (Å²) >= 11 is 1.35. The fourth-order valence-electron chi connectivity index (χ4n) is 1.46. The Labute approximate surface area is 108 Å². The molecule has 0 aliphatic heterocycles. The summed E-state index contributed by atoms with van der Waals surface area (Å²) in [5.74, 6) is -0.471. The lowest BCUT2D eigenvalue weighted by atomic mass is 10.2. The number of thiophene rings is 1. The summed E-state index contributed by atoms with van der Waals surface area (Å²) in [5, 5.41) is 1.17. The molecule has 2 aromatic rings. The quantitative estimate of drug-likeness (QED) is 0.798. The van der Waals surface area contributed by atoms with Gasteiger partial charge in [-0.2, -0.15) is 0 Å². The molecule has 3 nitrogen and oxygen atoms in total. The Hall–Kier alpha value is -1.72. The Morgan fingerprint density at radius 1 is 1.22 bits per heavy atom. The van der Waals surface area contributed by atoms with Gasteiger partial charge in [-0.1, -0.05) is 12.1 Å². The van der Waals surface area contributed by atoms with Crippen molar-refractivity contribution < 1.29 is 14.0 Å². The van der Waals surface area contributed by atoms with Gasteiger partial charge in [0, 0.05) is 11.9 Å². The maximum atomic E-state index is 12.8. The van der Waals surface area contributed by atoms with E-state index in [9.17, 15) is 9.18 Å². The van der Waals surface area contributed by atoms with Crippen molar-refractivity contribution in [1.82, 2.24) is 5.06 Å². The first-order valence-corrected chi connectivity index (χ1v) is 6.11. The molecule has 0 saturated heterocycles. The number of halogens is 1. The Morgan fingerprint density at radius 3 is 2.50 bits per heavy atom. The summed E-state index contributed by atoms with van der Waals surface area (Å²) < 4.78 is 12.8. The number of carbonyl (C=O) groups excluding carboxylic acids is 1. The van der Waals surface area contributed by atoms with Crippen molar-refractivity contribution in [2.24, 2.45) is 0 Å². The molecule has 0 fully saturated rings. The zero-order valence-corrected chi connectivity index (χ0v) is 10.8. The van der Waals surface area contributed by atoms with Crippen molar-refractivity contribution in [2.45, 2.75) is 0 Å². The van der Waals surface area contributed by atoms with Gasteiger partial charge in [0.1, 0.15) is 5.82 Å². The first-order chi connectivity index (χ1) is 8.61. The normalized spacial score (nSPS) is 10.4. The van der Waals surface area contributed by atoms with E-state index in [2.05, 4.69) is 0 Å². The summed E-state index contributed by atoms with van der Waals surface area (Å²) in [4.78, 5) is 18.2. The topological polar surface area (TPSA) is 29.5 Å². The average molecular weight is 265 g/mol. The van der Waals surface area contributed by atoms with Crippen LogP contribution in [0.1, 0.15) is 9.67 Å². The summed E-state index contributed by atoms with van der Waals surface area (Å²) in [5.41, 5.74) is 0.889. The minimum atomic E-state index is -0.272. The maximum Gasteiger partial charge on any atom is 0.287 e. The molecule has 0 atom stereocenters. The van der Waals surface area contributed by atoms with Gasteiger partial charge in [-0.05, 0) is 29.8 Å². The first kappa shape index (κ1) is 12.7. The largest absolute Gasteiger partial charge is 0.287 e. The van der Waals surface area contributed by atoms with Crippen LogP contribution in [0.15, 0.2) is 36.4 Å². The first-order valence-electron chi connectivity index (χ1n) is 5.30. The Kier molecular flexibility index (Phi) is 3.74. The highest BCUT2D eigenvalue weighted by atomic mass is 32.1. The zero-order chi connectivity index (χ0) is 13.1. The van der Waals surface area contributed by atoms with E-state index < -0.39 is 0 Å². The molecular weight excluding hydrogens is 253 g/mol. The monoisotopic (exact) mass is 265 g/mol. The molecule has 0 saturated carbocycles. The number of carbonyl (C=O) groups is 1. The van der Waals surface area contributed by atoms with Crippen molar-refractivity contribution in [3.8, 4) is 10.4 Å². The van der Waals surface area contributed by atoms with Gasteiger partial charge in [-0.15, -0.1) is 11.3 Å². The summed E-state index contributed by atoms with van der Waals surface area (Å²) in [6, 6.07) is 9.76. The van der Waals surface area contributed by atoms with Gasteiger partial charge in [0.2, 0.25) is 0 Å². The highest BCUT2D eigenvalue weighted by molar-refractivity contribution is 7.17. The third-order valence-electron chi connectivity index (χ3n) is 2.51. The number of nitrogens with zero attached hydrogens (tertiary/aromatic N) is 1. The van der Waals surface area contributed by atoms with Gasteiger partial charge >= 0.3 is 0 Å². The van der Waals surface area contributed by atoms with Gasteiger partial charge in [0.15, 0.2) is 0 Å². The highest BCUT2D eigenvalue weighted by Crippen LogP contribution is 2.28. The van der Waals surface area contributed by atoms with Crippen LogP contribution in [0.2, 0.25) is 0 Å². The predicted molar refractivity (Wildman–Crippen MR) is 68.8 cm³/mol. The lowest BCUT2D eigenvalue weighted by Crippen LogP contribution is -2.24. The summed E-state index contributed by atoms with van der Waals surface area (Å²) in [7, 11) is 2.99. The molecule has 0 spiro atoms. The van der Waals surface area contributed by atoms with Gasteiger partial charge in [-0.3, -0.25) is 9.63 Å². The van der Waals surface area contributed by atoms with Crippen LogP contribution in [0.5, 0.6) is 0 Å². The number of hydrogen-bond donors (Lipinski definition) is 0. The van der Waals surface area contributed by atoms with Crippen molar-refractivity contribution >= 4 is 17.2 Å². The van der Waals surface area contributed by atoms with Crippen molar-refractivity contribution in [3.05, 3.63) is 47.1 Å². The Morgan fingerprint density at radius 2 is 1.89 bits per heavy atom. The molecule has 0 radical (unpaired) electrons. The molecule has 0 bridgehead atoms. The molecule has 1 aromatic heterocycles. The lowest BCUT2D eigenvalue weighted by Gasteiger charge is -2.11. The zero-order valence-electron chi connectivity index (χ0n) is 10.0. The molecule has 0 N–H and O–H groups in total. The van der Waals surface area contributed by atoms with Gasteiger partial charge in [-0.25, -0.2) is 9.45 Å². The molecule has 2 rings (SSSR count). The fourth-order valence-corrected chi connectivity index (χ4v) is 2.44. The van der Waals surface area contributed by atoms with Gasteiger partial charge in [0.25, 0.3) is 5.91 Å². The van der Waals surface area contributed by atoms with Crippen LogP contribution in [0.25, 0.3) is 10.4 Å². The van der Waals surface area contributed by atoms with Crippen LogP contribution >= 0.6 is 11.3 Å². The van der Waals surface area contributed by atoms with E-state index in [1.165, 1.54) is 35.6 Å². The predicted octanol–water partition coefficient (Wildman–Crippen LogP) is 3.19. The van der Waals surface area contributed by atoms with E-state index in [0.717, 1.165) is 10.4 Å². The van der Waals surface area contributed by atoms with Gasteiger partial charge in [0.05, 0.1) is 12.0 Å².